The molecule has 114 valence electrons. The quantitative estimate of drug-likeness (QED) is 0.449. The first-order valence-electron chi connectivity index (χ1n) is 7.71. The molecule has 0 aliphatic rings. The van der Waals surface area contributed by atoms with Crippen molar-refractivity contribution in [3.8, 4) is 0 Å². The number of nitrogens with zero attached hydrogens (tertiary/aromatic N) is 4. The second kappa shape index (κ2) is 11.5. The van der Waals surface area contributed by atoms with E-state index in [9.17, 15) is 0 Å². The van der Waals surface area contributed by atoms with Gasteiger partial charge in [-0.05, 0) is 25.8 Å². The van der Waals surface area contributed by atoms with Gasteiger partial charge in [0.2, 0.25) is 5.95 Å². The molecule has 1 aromatic rings. The fraction of sp³-hybridized carbons (Fsp3) is 0.786. The highest BCUT2D eigenvalue weighted by molar-refractivity contribution is 5.24. The van der Waals surface area contributed by atoms with Crippen LogP contribution in [0.2, 0.25) is 0 Å². The smallest absolute Gasteiger partial charge is 0.242 e. The van der Waals surface area contributed by atoms with Crippen molar-refractivity contribution < 1.29 is 0 Å². The third-order valence-electron chi connectivity index (χ3n) is 3.14. The standard InChI is InChI=1S/C14H28N6/c1-2-3-8-11-20(14-17-12-16-13-18-14)19-10-7-5-4-6-9-15/h12-13,19H,2-11,15H2,1H3. The number of nitrogens with one attached hydrogen (secondary N) is 1. The first-order chi connectivity index (χ1) is 9.88. The van der Waals surface area contributed by atoms with Crippen molar-refractivity contribution in [3.05, 3.63) is 12.7 Å². The maximum absolute atomic E-state index is 5.49. The molecule has 1 rings (SSSR count). The van der Waals surface area contributed by atoms with Gasteiger partial charge in [0.1, 0.15) is 12.7 Å². The Kier molecular flexibility index (Phi) is 9.69. The molecule has 0 spiro atoms. The van der Waals surface area contributed by atoms with Crippen molar-refractivity contribution in [1.82, 2.24) is 20.4 Å². The number of unbranched alkanes of at least 4 members (excludes halogenated alkanes) is 5. The number of anilines is 1. The third-order valence-corrected chi connectivity index (χ3v) is 3.14. The second-order valence-electron chi connectivity index (χ2n) is 4.91. The van der Waals surface area contributed by atoms with Crippen LogP contribution in [0.5, 0.6) is 0 Å². The molecule has 0 saturated carbocycles. The molecule has 0 aliphatic heterocycles. The Morgan fingerprint density at radius 1 is 1.05 bits per heavy atom. The summed E-state index contributed by atoms with van der Waals surface area (Å²) in [6.45, 7) is 4.88. The van der Waals surface area contributed by atoms with Crippen molar-refractivity contribution >= 4 is 5.95 Å². The number of nitrogens with two attached hydrogens (primary N) is 1. The van der Waals surface area contributed by atoms with Crippen LogP contribution in [-0.2, 0) is 0 Å². The van der Waals surface area contributed by atoms with Crippen LogP contribution in [-0.4, -0.2) is 34.6 Å². The van der Waals surface area contributed by atoms with Gasteiger partial charge in [0.25, 0.3) is 0 Å². The molecule has 0 aliphatic carbocycles. The van der Waals surface area contributed by atoms with Gasteiger partial charge in [0.05, 0.1) is 0 Å². The van der Waals surface area contributed by atoms with Crippen LogP contribution in [0, 0.1) is 0 Å². The van der Waals surface area contributed by atoms with E-state index in [1.807, 2.05) is 5.01 Å². The zero-order valence-electron chi connectivity index (χ0n) is 12.6. The number of aromatic nitrogens is 3. The van der Waals surface area contributed by atoms with Gasteiger partial charge in [0, 0.05) is 13.1 Å². The van der Waals surface area contributed by atoms with E-state index in [-0.39, 0.29) is 0 Å². The van der Waals surface area contributed by atoms with Gasteiger partial charge in [-0.15, -0.1) is 0 Å². The molecule has 1 aromatic heterocycles. The number of hydrogen-bond donors (Lipinski definition) is 2. The van der Waals surface area contributed by atoms with E-state index in [0.717, 1.165) is 38.9 Å². The molecule has 0 radical (unpaired) electrons. The Bertz CT molecular complexity index is 319. The highest BCUT2D eigenvalue weighted by Gasteiger charge is 2.07. The molecule has 6 heteroatoms. The van der Waals surface area contributed by atoms with E-state index < -0.39 is 0 Å². The van der Waals surface area contributed by atoms with E-state index in [4.69, 9.17) is 5.73 Å². The summed E-state index contributed by atoms with van der Waals surface area (Å²) in [4.78, 5) is 12.3. The van der Waals surface area contributed by atoms with Crippen LogP contribution in [0.1, 0.15) is 51.9 Å². The zero-order valence-corrected chi connectivity index (χ0v) is 12.6. The molecule has 1 heterocycles. The first kappa shape index (κ1) is 16.8. The molecular formula is C14H28N6. The Labute approximate surface area is 122 Å². The Hall–Kier alpha value is -1.27. The molecule has 0 aromatic carbocycles. The predicted octanol–water partition coefficient (Wildman–Crippen LogP) is 1.89. The summed E-state index contributed by atoms with van der Waals surface area (Å²) < 4.78 is 0. The van der Waals surface area contributed by atoms with Crippen molar-refractivity contribution in [3.63, 3.8) is 0 Å². The van der Waals surface area contributed by atoms with Crippen LogP contribution in [0.15, 0.2) is 12.7 Å². The summed E-state index contributed by atoms with van der Waals surface area (Å²) in [6.07, 6.45) is 11.3. The Balaban J connectivity index is 2.31. The number of rotatable bonds is 12. The third kappa shape index (κ3) is 7.35. The summed E-state index contributed by atoms with van der Waals surface area (Å²) >= 11 is 0. The number of hydrogen-bond acceptors (Lipinski definition) is 6. The van der Waals surface area contributed by atoms with Crippen molar-refractivity contribution in [2.45, 2.75) is 51.9 Å². The van der Waals surface area contributed by atoms with Gasteiger partial charge in [-0.2, -0.15) is 0 Å². The minimum absolute atomic E-state index is 0.707. The molecule has 0 amide bonds. The largest absolute Gasteiger partial charge is 0.330 e. The zero-order chi connectivity index (χ0) is 14.5. The minimum atomic E-state index is 0.707. The molecule has 20 heavy (non-hydrogen) atoms. The topological polar surface area (TPSA) is 80.0 Å². The maximum Gasteiger partial charge on any atom is 0.242 e. The van der Waals surface area contributed by atoms with E-state index >= 15 is 0 Å². The SMILES string of the molecule is CCCCCN(NCCCCCCN)c1ncncn1. The van der Waals surface area contributed by atoms with Crippen LogP contribution in [0.25, 0.3) is 0 Å². The normalized spacial score (nSPS) is 10.7. The number of hydrazine groups is 1. The highest BCUT2D eigenvalue weighted by atomic mass is 15.5. The highest BCUT2D eigenvalue weighted by Crippen LogP contribution is 2.05. The van der Waals surface area contributed by atoms with Crippen LogP contribution in [0.4, 0.5) is 5.95 Å². The fourth-order valence-electron chi connectivity index (χ4n) is 1.98. The van der Waals surface area contributed by atoms with Gasteiger partial charge in [-0.25, -0.2) is 20.4 Å². The average molecular weight is 280 g/mol. The monoisotopic (exact) mass is 280 g/mol. The molecule has 0 unspecified atom stereocenters. The van der Waals surface area contributed by atoms with E-state index in [1.165, 1.54) is 38.3 Å². The Morgan fingerprint density at radius 3 is 2.50 bits per heavy atom. The molecule has 0 fully saturated rings. The van der Waals surface area contributed by atoms with Crippen LogP contribution < -0.4 is 16.2 Å². The summed E-state index contributed by atoms with van der Waals surface area (Å²) in [5.41, 5.74) is 8.91. The molecular weight excluding hydrogens is 252 g/mol. The van der Waals surface area contributed by atoms with Gasteiger partial charge >= 0.3 is 0 Å². The van der Waals surface area contributed by atoms with Crippen molar-refractivity contribution in [2.75, 3.05) is 24.6 Å². The molecule has 0 saturated heterocycles. The Morgan fingerprint density at radius 2 is 1.80 bits per heavy atom. The molecule has 3 N–H and O–H groups in total. The van der Waals surface area contributed by atoms with Crippen molar-refractivity contribution in [1.29, 1.82) is 0 Å². The van der Waals surface area contributed by atoms with Gasteiger partial charge < -0.3 is 5.73 Å². The summed E-state index contributed by atoms with van der Waals surface area (Å²) in [6, 6.07) is 0. The summed E-state index contributed by atoms with van der Waals surface area (Å²) in [5, 5.41) is 2.04. The van der Waals surface area contributed by atoms with E-state index in [0.29, 0.717) is 5.95 Å². The summed E-state index contributed by atoms with van der Waals surface area (Å²) in [5.74, 6) is 0.707. The lowest BCUT2D eigenvalue weighted by Crippen LogP contribution is -2.40. The second-order valence-corrected chi connectivity index (χ2v) is 4.91. The van der Waals surface area contributed by atoms with Crippen LogP contribution in [0.3, 0.4) is 0 Å². The van der Waals surface area contributed by atoms with Gasteiger partial charge in [-0.3, -0.25) is 5.01 Å². The molecule has 0 bridgehead atoms. The van der Waals surface area contributed by atoms with Gasteiger partial charge in [0.15, 0.2) is 0 Å². The van der Waals surface area contributed by atoms with Crippen molar-refractivity contribution in [2.24, 2.45) is 5.73 Å². The van der Waals surface area contributed by atoms with E-state index in [1.54, 1.807) is 0 Å². The molecule has 0 atom stereocenters. The lowest BCUT2D eigenvalue weighted by atomic mass is 10.2. The maximum atomic E-state index is 5.49. The minimum Gasteiger partial charge on any atom is -0.330 e. The first-order valence-corrected chi connectivity index (χ1v) is 7.71. The van der Waals surface area contributed by atoms with Crippen LogP contribution >= 0.6 is 0 Å². The van der Waals surface area contributed by atoms with E-state index in [2.05, 4.69) is 27.3 Å². The summed E-state index contributed by atoms with van der Waals surface area (Å²) in [7, 11) is 0. The van der Waals surface area contributed by atoms with Gasteiger partial charge in [-0.1, -0.05) is 32.6 Å². The lowest BCUT2D eigenvalue weighted by Gasteiger charge is -2.23. The fourth-order valence-corrected chi connectivity index (χ4v) is 1.98. The predicted molar refractivity (Wildman–Crippen MR) is 82.2 cm³/mol. The average Bonchev–Trinajstić information content (AvgIpc) is 2.50. The molecule has 6 nitrogen and oxygen atoms in total. The lowest BCUT2D eigenvalue weighted by molar-refractivity contribution is 0.539.